The summed E-state index contributed by atoms with van der Waals surface area (Å²) in [7, 11) is 0. The highest BCUT2D eigenvalue weighted by Gasteiger charge is 2.18. The van der Waals surface area contributed by atoms with E-state index in [-0.39, 0.29) is 11.0 Å². The van der Waals surface area contributed by atoms with Crippen LogP contribution in [0, 0.1) is 0 Å². The molecule has 1 N–H and O–H groups in total. The number of hydrogen-bond acceptors (Lipinski definition) is 4. The van der Waals surface area contributed by atoms with Gasteiger partial charge >= 0.3 is 0 Å². The molecular formula is C10H9ClN2OS2. The Hall–Kier alpha value is -0.780. The van der Waals surface area contributed by atoms with Gasteiger partial charge in [-0.2, -0.15) is 0 Å². The molecule has 3 nitrogen and oxygen atoms in total. The molecule has 0 radical (unpaired) electrons. The Kier molecular flexibility index (Phi) is 3.68. The lowest BCUT2D eigenvalue weighted by Gasteiger charge is -2.05. The molecule has 84 valence electrons. The number of carbonyl (C=O) groups excluding carboxylic acids is 1. The van der Waals surface area contributed by atoms with Crippen LogP contribution in [-0.4, -0.2) is 21.0 Å². The number of thiophene rings is 1. The number of aromatic amines is 1. The van der Waals surface area contributed by atoms with Gasteiger partial charge < -0.3 is 4.98 Å². The van der Waals surface area contributed by atoms with Crippen LogP contribution in [0.2, 0.25) is 4.34 Å². The number of aromatic nitrogens is 2. The van der Waals surface area contributed by atoms with Gasteiger partial charge in [0.05, 0.1) is 14.5 Å². The number of nitrogens with zero attached hydrogens (tertiary/aromatic N) is 1. The summed E-state index contributed by atoms with van der Waals surface area (Å²) in [6.07, 6.45) is 3.41. The van der Waals surface area contributed by atoms with Gasteiger partial charge in [-0.05, 0) is 19.1 Å². The molecule has 6 heteroatoms. The van der Waals surface area contributed by atoms with Crippen molar-refractivity contribution in [2.24, 2.45) is 0 Å². The summed E-state index contributed by atoms with van der Waals surface area (Å²) >= 11 is 8.51. The number of H-pyrrole nitrogens is 1. The van der Waals surface area contributed by atoms with E-state index in [1.165, 1.54) is 23.1 Å². The van der Waals surface area contributed by atoms with E-state index in [1.54, 1.807) is 24.5 Å². The lowest BCUT2D eigenvalue weighted by molar-refractivity contribution is 0.0997. The summed E-state index contributed by atoms with van der Waals surface area (Å²) in [4.78, 5) is 19.7. The average Bonchev–Trinajstić information content (AvgIpc) is 2.88. The maximum absolute atomic E-state index is 12.0. The molecular weight excluding hydrogens is 264 g/mol. The molecule has 0 amide bonds. The van der Waals surface area contributed by atoms with Crippen molar-refractivity contribution in [1.82, 2.24) is 9.97 Å². The average molecular weight is 273 g/mol. The topological polar surface area (TPSA) is 45.8 Å². The van der Waals surface area contributed by atoms with Gasteiger partial charge in [0, 0.05) is 12.4 Å². The predicted octanol–water partition coefficient (Wildman–Crippen LogP) is 3.49. The summed E-state index contributed by atoms with van der Waals surface area (Å²) in [5, 5.41) is 0.587. The number of imidazole rings is 1. The molecule has 0 aliphatic rings. The van der Waals surface area contributed by atoms with E-state index in [4.69, 9.17) is 11.6 Å². The molecule has 0 saturated heterocycles. The van der Waals surface area contributed by atoms with Gasteiger partial charge in [0.25, 0.3) is 0 Å². The Labute approximate surface area is 106 Å². The highest BCUT2D eigenvalue weighted by molar-refractivity contribution is 8.00. The number of ketones is 1. The van der Waals surface area contributed by atoms with E-state index < -0.39 is 0 Å². The highest BCUT2D eigenvalue weighted by Crippen LogP contribution is 2.27. The van der Waals surface area contributed by atoms with Crippen molar-refractivity contribution in [1.29, 1.82) is 0 Å². The third kappa shape index (κ3) is 2.66. The van der Waals surface area contributed by atoms with Crippen LogP contribution in [0.1, 0.15) is 16.6 Å². The van der Waals surface area contributed by atoms with Crippen LogP contribution >= 0.6 is 34.7 Å². The fourth-order valence-electron chi connectivity index (χ4n) is 1.18. The van der Waals surface area contributed by atoms with Crippen molar-refractivity contribution in [3.05, 3.63) is 33.7 Å². The van der Waals surface area contributed by atoms with Crippen molar-refractivity contribution in [2.45, 2.75) is 17.3 Å². The van der Waals surface area contributed by atoms with Crippen molar-refractivity contribution in [3.8, 4) is 0 Å². The highest BCUT2D eigenvalue weighted by atomic mass is 35.5. The summed E-state index contributed by atoms with van der Waals surface area (Å²) in [6, 6.07) is 3.50. The summed E-state index contributed by atoms with van der Waals surface area (Å²) in [6.45, 7) is 1.86. The van der Waals surface area contributed by atoms with Gasteiger partial charge in [-0.15, -0.1) is 11.3 Å². The van der Waals surface area contributed by atoms with Gasteiger partial charge in [0.15, 0.2) is 10.9 Å². The van der Waals surface area contributed by atoms with Crippen molar-refractivity contribution < 1.29 is 4.79 Å². The van der Waals surface area contributed by atoms with Crippen LogP contribution in [0.3, 0.4) is 0 Å². The molecule has 0 aliphatic carbocycles. The van der Waals surface area contributed by atoms with E-state index in [9.17, 15) is 4.79 Å². The third-order valence-corrected chi connectivity index (χ3v) is 4.21. The van der Waals surface area contributed by atoms with Gasteiger partial charge in [-0.25, -0.2) is 4.98 Å². The Morgan fingerprint density at radius 1 is 1.62 bits per heavy atom. The number of carbonyl (C=O) groups is 1. The number of halogens is 1. The number of thioether (sulfide) groups is 1. The minimum Gasteiger partial charge on any atom is -0.340 e. The van der Waals surface area contributed by atoms with Gasteiger partial charge in [0.1, 0.15) is 0 Å². The number of Topliss-reactive ketones (excluding diaryl/α,β-unsaturated/α-hetero) is 1. The maximum atomic E-state index is 12.0. The van der Waals surface area contributed by atoms with Crippen molar-refractivity contribution in [2.75, 3.05) is 0 Å². The minimum atomic E-state index is -0.166. The van der Waals surface area contributed by atoms with E-state index in [0.29, 0.717) is 9.21 Å². The third-order valence-electron chi connectivity index (χ3n) is 1.95. The zero-order chi connectivity index (χ0) is 11.5. The molecule has 0 saturated carbocycles. The lowest BCUT2D eigenvalue weighted by Crippen LogP contribution is -2.12. The van der Waals surface area contributed by atoms with Crippen molar-refractivity contribution in [3.63, 3.8) is 0 Å². The smallest absolute Gasteiger partial charge is 0.185 e. The largest absolute Gasteiger partial charge is 0.340 e. The van der Waals surface area contributed by atoms with Crippen LogP contribution < -0.4 is 0 Å². The maximum Gasteiger partial charge on any atom is 0.185 e. The Morgan fingerprint density at radius 3 is 3.00 bits per heavy atom. The monoisotopic (exact) mass is 272 g/mol. The van der Waals surface area contributed by atoms with Crippen LogP contribution in [0.4, 0.5) is 0 Å². The second-order valence-corrected chi connectivity index (χ2v) is 6.17. The summed E-state index contributed by atoms with van der Waals surface area (Å²) < 4.78 is 0.638. The van der Waals surface area contributed by atoms with E-state index in [0.717, 1.165) is 5.16 Å². The quantitative estimate of drug-likeness (QED) is 0.685. The Balaban J connectivity index is 2.05. The van der Waals surface area contributed by atoms with E-state index in [1.807, 2.05) is 6.92 Å². The molecule has 2 rings (SSSR count). The van der Waals surface area contributed by atoms with Gasteiger partial charge in [-0.3, -0.25) is 4.79 Å². The van der Waals surface area contributed by atoms with Crippen molar-refractivity contribution >= 4 is 40.5 Å². The summed E-state index contributed by atoms with van der Waals surface area (Å²) in [5.74, 6) is 0.0818. The normalized spacial score (nSPS) is 12.6. The van der Waals surface area contributed by atoms with Crippen LogP contribution in [-0.2, 0) is 0 Å². The number of nitrogens with one attached hydrogen (secondary N) is 1. The molecule has 1 unspecified atom stereocenters. The molecule has 2 aromatic rings. The van der Waals surface area contributed by atoms with E-state index >= 15 is 0 Å². The molecule has 0 aromatic carbocycles. The Bertz CT molecular complexity index is 481. The molecule has 0 bridgehead atoms. The fourth-order valence-corrected chi connectivity index (χ4v) is 3.16. The summed E-state index contributed by atoms with van der Waals surface area (Å²) in [5.41, 5.74) is 0. The molecule has 2 heterocycles. The van der Waals surface area contributed by atoms with Gasteiger partial charge in [-0.1, -0.05) is 23.4 Å². The first-order chi connectivity index (χ1) is 7.66. The number of hydrogen-bond donors (Lipinski definition) is 1. The molecule has 16 heavy (non-hydrogen) atoms. The zero-order valence-corrected chi connectivity index (χ0v) is 10.8. The first-order valence-corrected chi connectivity index (χ1v) is 6.70. The molecule has 2 aromatic heterocycles. The van der Waals surface area contributed by atoms with Gasteiger partial charge in [0.2, 0.25) is 0 Å². The van der Waals surface area contributed by atoms with Crippen LogP contribution in [0.25, 0.3) is 0 Å². The molecule has 0 spiro atoms. The minimum absolute atomic E-state index is 0.0818. The molecule has 0 fully saturated rings. The first kappa shape index (κ1) is 11.7. The van der Waals surface area contributed by atoms with Crippen LogP contribution in [0.15, 0.2) is 29.7 Å². The lowest BCUT2D eigenvalue weighted by atomic mass is 10.2. The first-order valence-electron chi connectivity index (χ1n) is 4.62. The predicted molar refractivity (Wildman–Crippen MR) is 67.6 cm³/mol. The Morgan fingerprint density at radius 2 is 2.44 bits per heavy atom. The molecule has 1 atom stereocenters. The second kappa shape index (κ2) is 5.03. The van der Waals surface area contributed by atoms with Crippen LogP contribution in [0.5, 0.6) is 0 Å². The SMILES string of the molecule is CC(Sc1ncc[nH]1)C(=O)c1ccc(Cl)s1. The standard InChI is InChI=1S/C10H9ClN2OS2/c1-6(15-10-12-4-5-13-10)9(14)7-2-3-8(11)16-7/h2-6H,1H3,(H,12,13). The fraction of sp³-hybridized carbons (Fsp3) is 0.200. The van der Waals surface area contributed by atoms with E-state index in [2.05, 4.69) is 9.97 Å². The number of rotatable bonds is 4. The zero-order valence-electron chi connectivity index (χ0n) is 8.44. The second-order valence-electron chi connectivity index (χ2n) is 3.12. The molecule has 0 aliphatic heterocycles.